The number of hydrogen-bond acceptors (Lipinski definition) is 11. The van der Waals surface area contributed by atoms with Crippen LogP contribution in [0, 0.1) is 47.3 Å². The van der Waals surface area contributed by atoms with Crippen molar-refractivity contribution in [3.05, 3.63) is 42.5 Å². The molecule has 0 radical (unpaired) electrons. The highest BCUT2D eigenvalue weighted by atomic mass is 32.2. The molecular formula is C42H62N8O3S. The molecule has 0 spiro atoms. The lowest BCUT2D eigenvalue weighted by Crippen LogP contribution is -2.62. The Bertz CT molecular complexity index is 1790. The van der Waals surface area contributed by atoms with Crippen LogP contribution in [0.25, 0.3) is 10.8 Å². The Morgan fingerprint density at radius 3 is 1.30 bits per heavy atom. The minimum Gasteiger partial charge on any atom is -0.382 e. The van der Waals surface area contributed by atoms with Crippen molar-refractivity contribution in [3.63, 3.8) is 0 Å². The van der Waals surface area contributed by atoms with Gasteiger partial charge < -0.3 is 4.18 Å². The zero-order chi connectivity index (χ0) is 36.0. The molecule has 5 heterocycles. The van der Waals surface area contributed by atoms with Crippen molar-refractivity contribution in [3.8, 4) is 5.75 Å². The van der Waals surface area contributed by atoms with Gasteiger partial charge in [0.25, 0.3) is 0 Å². The van der Waals surface area contributed by atoms with Crippen LogP contribution in [0.5, 0.6) is 5.75 Å². The van der Waals surface area contributed by atoms with Gasteiger partial charge in [-0.1, -0.05) is 81.3 Å². The average Bonchev–Trinajstić information content (AvgIpc) is 3.94. The Balaban J connectivity index is 0.945. The van der Waals surface area contributed by atoms with Gasteiger partial charge in [0.2, 0.25) is 0 Å². The number of rotatable bonds is 3. The molecule has 8 N–H and O–H groups in total. The lowest BCUT2D eigenvalue weighted by atomic mass is 9.76. The van der Waals surface area contributed by atoms with E-state index in [0.717, 1.165) is 23.6 Å². The molecule has 17 unspecified atom stereocenters. The van der Waals surface area contributed by atoms with Gasteiger partial charge in [0.05, 0.1) is 49.3 Å². The smallest absolute Gasteiger partial charge is 0.312 e. The van der Waals surface area contributed by atoms with Crippen molar-refractivity contribution in [1.29, 1.82) is 0 Å². The molecule has 0 aromatic heterocycles. The van der Waals surface area contributed by atoms with Gasteiger partial charge >= 0.3 is 10.1 Å². The molecule has 0 amide bonds. The van der Waals surface area contributed by atoms with E-state index in [0.29, 0.717) is 53.8 Å². The third-order valence-electron chi connectivity index (χ3n) is 16.2. The molecule has 17 atom stereocenters. The molecule has 11 nitrogen and oxygen atoms in total. The molecule has 4 saturated carbocycles. The second kappa shape index (κ2) is 14.2. The van der Waals surface area contributed by atoms with Gasteiger partial charge in [-0.15, -0.1) is 0 Å². The monoisotopic (exact) mass is 758 g/mol. The van der Waals surface area contributed by atoms with Gasteiger partial charge in [0, 0.05) is 11.3 Å². The van der Waals surface area contributed by atoms with Gasteiger partial charge in [-0.25, -0.2) is 0 Å². The number of hydrogen-bond donors (Lipinski definition) is 8. The minimum absolute atomic E-state index is 0.00368. The predicted molar refractivity (Wildman–Crippen MR) is 210 cm³/mol. The van der Waals surface area contributed by atoms with Crippen molar-refractivity contribution in [2.24, 2.45) is 47.3 Å². The molecule has 5 aliphatic heterocycles. The van der Waals surface area contributed by atoms with Crippen molar-refractivity contribution < 1.29 is 12.6 Å². The fourth-order valence-corrected chi connectivity index (χ4v) is 15.5. The van der Waals surface area contributed by atoms with Crippen LogP contribution in [0.1, 0.15) is 96.3 Å². The molecule has 2 aromatic carbocycles. The van der Waals surface area contributed by atoms with E-state index in [-0.39, 0.29) is 55.0 Å². The summed E-state index contributed by atoms with van der Waals surface area (Å²) in [6.07, 6.45) is 19.0. The van der Waals surface area contributed by atoms with Crippen LogP contribution in [-0.4, -0.2) is 63.0 Å². The fraction of sp³-hybridized carbons (Fsp3) is 0.762. The summed E-state index contributed by atoms with van der Waals surface area (Å²) in [6.45, 7) is 0. The molecule has 294 valence electrons. The van der Waals surface area contributed by atoms with Crippen LogP contribution in [0.3, 0.4) is 0 Å². The normalized spacial score (nSPS) is 47.4. The Labute approximate surface area is 321 Å². The summed E-state index contributed by atoms with van der Waals surface area (Å²) >= 11 is 0. The molecule has 9 aliphatic rings. The number of nitrogens with one attached hydrogen (secondary N) is 8. The van der Waals surface area contributed by atoms with Crippen molar-refractivity contribution in [1.82, 2.24) is 42.5 Å². The molecule has 12 heteroatoms. The van der Waals surface area contributed by atoms with Crippen LogP contribution in [0.2, 0.25) is 0 Å². The van der Waals surface area contributed by atoms with E-state index in [4.69, 9.17) is 4.18 Å². The lowest BCUT2D eigenvalue weighted by Gasteiger charge is -2.38. The summed E-state index contributed by atoms with van der Waals surface area (Å²) in [4.78, 5) is 0. The zero-order valence-corrected chi connectivity index (χ0v) is 32.4. The van der Waals surface area contributed by atoms with E-state index in [1.807, 2.05) is 42.5 Å². The van der Waals surface area contributed by atoms with Gasteiger partial charge in [0.15, 0.2) is 0 Å². The van der Waals surface area contributed by atoms with E-state index in [9.17, 15) is 8.42 Å². The molecule has 11 rings (SSSR count). The van der Waals surface area contributed by atoms with Crippen LogP contribution in [0.15, 0.2) is 42.5 Å². The maximum Gasteiger partial charge on any atom is 0.312 e. The van der Waals surface area contributed by atoms with E-state index in [2.05, 4.69) is 42.5 Å². The average molecular weight is 759 g/mol. The minimum atomic E-state index is -3.96. The quantitative estimate of drug-likeness (QED) is 0.215. The van der Waals surface area contributed by atoms with Gasteiger partial charge in [-0.2, -0.15) is 8.42 Å². The van der Waals surface area contributed by atoms with Gasteiger partial charge in [0.1, 0.15) is 11.0 Å². The van der Waals surface area contributed by atoms with Crippen LogP contribution < -0.4 is 46.7 Å². The van der Waals surface area contributed by atoms with Crippen molar-refractivity contribution >= 4 is 20.9 Å². The third kappa shape index (κ3) is 6.08. The maximum atomic E-state index is 14.7. The molecular weight excluding hydrogens is 697 g/mol. The topological polar surface area (TPSA) is 140 Å². The highest BCUT2D eigenvalue weighted by Gasteiger charge is 2.57. The first-order valence-electron chi connectivity index (χ1n) is 22.0. The summed E-state index contributed by atoms with van der Waals surface area (Å²) in [7, 11) is -3.96. The SMILES string of the molecule is O=S(=O)(Oc1cccc2ccccc12)C1CCCC2C3NC4NC(NC5NC(NC6NC(NC(N3)C21)C1CCCCC61)C1CCCCC51)C1CCCCC41. The van der Waals surface area contributed by atoms with Crippen molar-refractivity contribution in [2.45, 2.75) is 151 Å². The summed E-state index contributed by atoms with van der Waals surface area (Å²) in [6, 6.07) is 13.6. The highest BCUT2D eigenvalue weighted by Crippen LogP contribution is 2.47. The summed E-state index contributed by atoms with van der Waals surface area (Å²) in [5.41, 5.74) is 0. The molecule has 9 fully saturated rings. The summed E-state index contributed by atoms with van der Waals surface area (Å²) in [5.74, 6) is 3.95. The Morgan fingerprint density at radius 1 is 0.426 bits per heavy atom. The van der Waals surface area contributed by atoms with Crippen molar-refractivity contribution in [2.75, 3.05) is 0 Å². The summed E-state index contributed by atoms with van der Waals surface area (Å²) in [5, 5.41) is 34.4. The standard InChI is InChI=1S/C42H62N8O3S/c51-54(52,53-32-21-9-12-23-11-1-2-13-24(23)32)33-22-10-20-31-34(33)42-49-40-30-19-8-7-18-29(30)38(47-40)45-36-26-15-4-3-14-25(26)35(43-36)44-37-27-16-5-6-17-28(27)39(46-37)48-41(31)50-42/h1-2,9,11-13,21,25-31,33-50H,3-8,10,14-20,22H2. The van der Waals surface area contributed by atoms with E-state index >= 15 is 0 Å². The van der Waals surface area contributed by atoms with E-state index < -0.39 is 15.4 Å². The molecule has 2 aromatic rings. The first kappa shape index (κ1) is 35.3. The Hall–Kier alpha value is -1.87. The largest absolute Gasteiger partial charge is 0.382 e. The Morgan fingerprint density at radius 2 is 0.815 bits per heavy atom. The molecule has 4 aliphatic carbocycles. The molecule has 5 saturated heterocycles. The number of benzene rings is 2. The first-order valence-corrected chi connectivity index (χ1v) is 23.5. The lowest BCUT2D eigenvalue weighted by molar-refractivity contribution is 0.167. The predicted octanol–water partition coefficient (Wildman–Crippen LogP) is 4.15. The molecule has 54 heavy (non-hydrogen) atoms. The van der Waals surface area contributed by atoms with Gasteiger partial charge in [-0.3, -0.25) is 42.5 Å². The van der Waals surface area contributed by atoms with Crippen LogP contribution in [-0.2, 0) is 10.1 Å². The van der Waals surface area contributed by atoms with Gasteiger partial charge in [-0.05, 0) is 104 Å². The summed E-state index contributed by atoms with van der Waals surface area (Å²) < 4.78 is 35.5. The zero-order valence-electron chi connectivity index (χ0n) is 31.6. The third-order valence-corrected chi connectivity index (χ3v) is 17.9. The second-order valence-corrected chi connectivity index (χ2v) is 20.5. The van der Waals surface area contributed by atoms with Crippen LogP contribution >= 0.6 is 0 Å². The number of fused-ring (bicyclic) bond motifs is 21. The highest BCUT2D eigenvalue weighted by molar-refractivity contribution is 7.87. The van der Waals surface area contributed by atoms with E-state index in [1.54, 1.807) is 0 Å². The maximum absolute atomic E-state index is 14.7. The fourth-order valence-electron chi connectivity index (χ4n) is 13.8. The first-order chi connectivity index (χ1) is 26.5. The molecule has 8 bridgehead atoms. The van der Waals surface area contributed by atoms with E-state index in [1.165, 1.54) is 77.0 Å². The second-order valence-electron chi connectivity index (χ2n) is 18.8. The Kier molecular flexibility index (Phi) is 9.28. The van der Waals surface area contributed by atoms with Crippen LogP contribution in [0.4, 0.5) is 0 Å².